The maximum atomic E-state index is 5.58. The largest absolute Gasteiger partial charge is 0.461 e. The fourth-order valence-electron chi connectivity index (χ4n) is 3.07. The number of benzene rings is 2. The van der Waals surface area contributed by atoms with E-state index in [1.807, 2.05) is 54.7 Å². The van der Waals surface area contributed by atoms with E-state index in [1.165, 1.54) is 0 Å². The zero-order valence-electron chi connectivity index (χ0n) is 12.8. The molecule has 24 heavy (non-hydrogen) atoms. The molecule has 0 amide bonds. The molecule has 0 aliphatic heterocycles. The Balaban J connectivity index is 1.96. The minimum atomic E-state index is 0.726. The lowest BCUT2D eigenvalue weighted by Gasteiger charge is -2.10. The molecule has 3 aromatic heterocycles. The standard InChI is InChI=1S/C20H13N3O/c1-2-7-14(8-3-1)19-22-16-10-5-4-9-15(16)17-13-21-20(23(17)19)18-11-6-12-24-18/h1-13H. The number of hydrogen-bond donors (Lipinski definition) is 0. The third-order valence-corrected chi connectivity index (χ3v) is 4.15. The molecule has 5 rings (SSSR count). The normalized spacial score (nSPS) is 11.3. The van der Waals surface area contributed by atoms with Gasteiger partial charge in [-0.3, -0.25) is 4.40 Å². The maximum Gasteiger partial charge on any atom is 0.182 e. The Hall–Kier alpha value is -3.40. The van der Waals surface area contributed by atoms with Crippen molar-refractivity contribution in [2.45, 2.75) is 0 Å². The number of aromatic nitrogens is 3. The van der Waals surface area contributed by atoms with Gasteiger partial charge in [-0.25, -0.2) is 9.97 Å². The zero-order chi connectivity index (χ0) is 15.9. The molecule has 2 aromatic carbocycles. The molecule has 0 saturated heterocycles. The summed E-state index contributed by atoms with van der Waals surface area (Å²) in [5.74, 6) is 2.34. The second kappa shape index (κ2) is 5.06. The summed E-state index contributed by atoms with van der Waals surface area (Å²) < 4.78 is 7.64. The molecule has 0 saturated carbocycles. The van der Waals surface area contributed by atoms with Gasteiger partial charge in [0, 0.05) is 10.9 Å². The first-order chi connectivity index (χ1) is 11.9. The van der Waals surface area contributed by atoms with Gasteiger partial charge in [-0.1, -0.05) is 48.5 Å². The van der Waals surface area contributed by atoms with Gasteiger partial charge in [0.2, 0.25) is 0 Å². The molecule has 114 valence electrons. The highest BCUT2D eigenvalue weighted by Crippen LogP contribution is 2.30. The summed E-state index contributed by atoms with van der Waals surface area (Å²) in [4.78, 5) is 9.50. The first-order valence-electron chi connectivity index (χ1n) is 7.77. The predicted octanol–water partition coefficient (Wildman–Crippen LogP) is 4.81. The van der Waals surface area contributed by atoms with Gasteiger partial charge in [-0.15, -0.1) is 0 Å². The fourth-order valence-corrected chi connectivity index (χ4v) is 3.07. The highest BCUT2D eigenvalue weighted by molar-refractivity contribution is 5.95. The number of para-hydroxylation sites is 1. The van der Waals surface area contributed by atoms with Crippen LogP contribution in [-0.4, -0.2) is 14.4 Å². The molecule has 0 bridgehead atoms. The number of rotatable bonds is 2. The van der Waals surface area contributed by atoms with E-state index in [9.17, 15) is 0 Å². The molecular weight excluding hydrogens is 298 g/mol. The van der Waals surface area contributed by atoms with Gasteiger partial charge in [0.1, 0.15) is 5.82 Å². The van der Waals surface area contributed by atoms with E-state index in [0.29, 0.717) is 0 Å². The van der Waals surface area contributed by atoms with Crippen molar-refractivity contribution in [2.75, 3.05) is 0 Å². The topological polar surface area (TPSA) is 43.3 Å². The van der Waals surface area contributed by atoms with Crippen LogP contribution in [0.15, 0.2) is 83.6 Å². The van der Waals surface area contributed by atoms with Crippen LogP contribution in [0.1, 0.15) is 0 Å². The first kappa shape index (κ1) is 13.1. The minimum absolute atomic E-state index is 0.726. The van der Waals surface area contributed by atoms with Gasteiger partial charge in [-0.05, 0) is 18.2 Å². The van der Waals surface area contributed by atoms with Crippen molar-refractivity contribution in [1.29, 1.82) is 0 Å². The van der Waals surface area contributed by atoms with Crippen molar-refractivity contribution in [3.8, 4) is 23.0 Å². The third kappa shape index (κ3) is 1.86. The highest BCUT2D eigenvalue weighted by Gasteiger charge is 2.16. The van der Waals surface area contributed by atoms with E-state index in [1.54, 1.807) is 6.26 Å². The second-order valence-corrected chi connectivity index (χ2v) is 5.60. The monoisotopic (exact) mass is 311 g/mol. The summed E-state index contributed by atoms with van der Waals surface area (Å²) in [6.07, 6.45) is 3.54. The average Bonchev–Trinajstić information content (AvgIpc) is 3.31. The molecule has 0 radical (unpaired) electrons. The number of nitrogens with zero attached hydrogens (tertiary/aromatic N) is 3. The first-order valence-corrected chi connectivity index (χ1v) is 7.77. The van der Waals surface area contributed by atoms with Crippen molar-refractivity contribution in [1.82, 2.24) is 14.4 Å². The Bertz CT molecular complexity index is 1140. The van der Waals surface area contributed by atoms with Crippen LogP contribution in [-0.2, 0) is 0 Å². The lowest BCUT2D eigenvalue weighted by Crippen LogP contribution is -1.99. The van der Waals surface area contributed by atoms with Crippen molar-refractivity contribution in [3.05, 3.63) is 79.2 Å². The molecule has 0 aliphatic carbocycles. The molecule has 5 aromatic rings. The van der Waals surface area contributed by atoms with Crippen molar-refractivity contribution in [2.24, 2.45) is 0 Å². The van der Waals surface area contributed by atoms with Crippen molar-refractivity contribution < 1.29 is 4.42 Å². The maximum absolute atomic E-state index is 5.58. The van der Waals surface area contributed by atoms with Crippen LogP contribution in [0.25, 0.3) is 39.4 Å². The van der Waals surface area contributed by atoms with Crippen LogP contribution in [0.3, 0.4) is 0 Å². The van der Waals surface area contributed by atoms with Gasteiger partial charge in [0.15, 0.2) is 11.6 Å². The number of hydrogen-bond acceptors (Lipinski definition) is 3. The van der Waals surface area contributed by atoms with Gasteiger partial charge in [-0.2, -0.15) is 0 Å². The lowest BCUT2D eigenvalue weighted by atomic mass is 10.1. The molecule has 0 aliphatic rings. The molecule has 3 heterocycles. The Labute approximate surface area is 138 Å². The molecule has 0 spiro atoms. The summed E-state index contributed by atoms with van der Waals surface area (Å²) >= 11 is 0. The average molecular weight is 311 g/mol. The van der Waals surface area contributed by atoms with Crippen LogP contribution in [0.4, 0.5) is 0 Å². The zero-order valence-corrected chi connectivity index (χ0v) is 12.8. The molecule has 0 unspecified atom stereocenters. The molecule has 4 nitrogen and oxygen atoms in total. The van der Waals surface area contributed by atoms with Gasteiger partial charge < -0.3 is 4.42 Å². The summed E-state index contributed by atoms with van der Waals surface area (Å²) in [6, 6.07) is 22.1. The molecule has 0 atom stereocenters. The highest BCUT2D eigenvalue weighted by atomic mass is 16.3. The fraction of sp³-hybridized carbons (Fsp3) is 0. The second-order valence-electron chi connectivity index (χ2n) is 5.60. The van der Waals surface area contributed by atoms with E-state index in [2.05, 4.69) is 27.6 Å². The predicted molar refractivity (Wildman–Crippen MR) is 93.6 cm³/mol. The SMILES string of the molecule is c1ccc(-c2nc3ccccc3c3cnc(-c4ccco4)n23)cc1. The number of furan rings is 1. The number of fused-ring (bicyclic) bond motifs is 3. The van der Waals surface area contributed by atoms with Crippen molar-refractivity contribution in [3.63, 3.8) is 0 Å². The van der Waals surface area contributed by atoms with E-state index in [-0.39, 0.29) is 0 Å². The minimum Gasteiger partial charge on any atom is -0.461 e. The van der Waals surface area contributed by atoms with Crippen LogP contribution < -0.4 is 0 Å². The smallest absolute Gasteiger partial charge is 0.182 e. The summed E-state index contributed by atoms with van der Waals surface area (Å²) in [5.41, 5.74) is 3.01. The Morgan fingerprint density at radius 3 is 2.46 bits per heavy atom. The van der Waals surface area contributed by atoms with Crippen LogP contribution in [0, 0.1) is 0 Å². The van der Waals surface area contributed by atoms with E-state index in [0.717, 1.165) is 39.4 Å². The molecular formula is C20H13N3O. The van der Waals surface area contributed by atoms with Gasteiger partial charge in [0.25, 0.3) is 0 Å². The Morgan fingerprint density at radius 1 is 0.792 bits per heavy atom. The van der Waals surface area contributed by atoms with Crippen molar-refractivity contribution >= 4 is 16.4 Å². The van der Waals surface area contributed by atoms with Crippen LogP contribution >= 0.6 is 0 Å². The van der Waals surface area contributed by atoms with E-state index >= 15 is 0 Å². The number of imidazole rings is 1. The van der Waals surface area contributed by atoms with Gasteiger partial charge in [0.05, 0.1) is 23.5 Å². The molecule has 0 N–H and O–H groups in total. The summed E-state index contributed by atoms with van der Waals surface area (Å²) in [7, 11) is 0. The quantitative estimate of drug-likeness (QED) is 0.470. The molecule has 4 heteroatoms. The summed E-state index contributed by atoms with van der Waals surface area (Å²) in [5, 5.41) is 1.07. The van der Waals surface area contributed by atoms with E-state index in [4.69, 9.17) is 9.40 Å². The third-order valence-electron chi connectivity index (χ3n) is 4.15. The van der Waals surface area contributed by atoms with Crippen LogP contribution in [0.2, 0.25) is 0 Å². The lowest BCUT2D eigenvalue weighted by molar-refractivity contribution is 0.577. The Kier molecular flexibility index (Phi) is 2.76. The summed E-state index contributed by atoms with van der Waals surface area (Å²) in [6.45, 7) is 0. The van der Waals surface area contributed by atoms with Crippen LogP contribution in [0.5, 0.6) is 0 Å². The Morgan fingerprint density at radius 2 is 1.62 bits per heavy atom. The van der Waals surface area contributed by atoms with Gasteiger partial charge >= 0.3 is 0 Å². The van der Waals surface area contributed by atoms with E-state index < -0.39 is 0 Å². The molecule has 0 fully saturated rings.